The first-order chi connectivity index (χ1) is 9.47. The van der Waals surface area contributed by atoms with Crippen LogP contribution in [0.1, 0.15) is 23.7 Å². The molecule has 0 aliphatic carbocycles. The third kappa shape index (κ3) is 4.15. The number of hydrogen-bond donors (Lipinski definition) is 2. The Morgan fingerprint density at radius 1 is 1.45 bits per heavy atom. The Hall–Kier alpha value is -2.25. The predicted octanol–water partition coefficient (Wildman–Crippen LogP) is 2.41. The molecule has 1 rings (SSSR count). The number of nitrogens with one attached hydrogen (secondary N) is 2. The van der Waals surface area contributed by atoms with Gasteiger partial charge in [-0.25, -0.2) is 8.78 Å². The Labute approximate surface area is 114 Å². The van der Waals surface area contributed by atoms with Gasteiger partial charge in [0.25, 0.3) is 12.3 Å². The molecule has 0 aliphatic rings. The van der Waals surface area contributed by atoms with E-state index in [9.17, 15) is 23.7 Å². The van der Waals surface area contributed by atoms with Gasteiger partial charge < -0.3 is 10.6 Å². The smallest absolute Gasteiger partial charge is 0.305 e. The molecule has 1 amide bonds. The van der Waals surface area contributed by atoms with Crippen molar-refractivity contribution in [3.8, 4) is 0 Å². The van der Waals surface area contributed by atoms with Crippen molar-refractivity contribution in [2.45, 2.75) is 19.8 Å². The van der Waals surface area contributed by atoms with Crippen molar-refractivity contribution >= 4 is 17.3 Å². The van der Waals surface area contributed by atoms with E-state index in [1.165, 1.54) is 18.2 Å². The normalized spacial score (nSPS) is 10.4. The summed E-state index contributed by atoms with van der Waals surface area (Å²) in [7, 11) is 0. The van der Waals surface area contributed by atoms with Gasteiger partial charge in [0.05, 0.1) is 11.5 Å². The fourth-order valence-electron chi connectivity index (χ4n) is 1.59. The van der Waals surface area contributed by atoms with Crippen LogP contribution in [0.4, 0.5) is 20.2 Å². The number of para-hydroxylation sites is 1. The van der Waals surface area contributed by atoms with Crippen LogP contribution in [0.3, 0.4) is 0 Å². The van der Waals surface area contributed by atoms with E-state index < -0.39 is 29.5 Å². The third-order valence-corrected chi connectivity index (χ3v) is 2.45. The average molecular weight is 287 g/mol. The third-order valence-electron chi connectivity index (χ3n) is 2.45. The van der Waals surface area contributed by atoms with Crippen molar-refractivity contribution in [3.05, 3.63) is 33.9 Å². The zero-order chi connectivity index (χ0) is 15.1. The molecule has 0 bridgehead atoms. The van der Waals surface area contributed by atoms with E-state index in [-0.39, 0.29) is 11.3 Å². The highest BCUT2D eigenvalue weighted by molar-refractivity contribution is 6.00. The summed E-state index contributed by atoms with van der Waals surface area (Å²) in [4.78, 5) is 22.1. The topological polar surface area (TPSA) is 84.3 Å². The largest absolute Gasteiger partial charge is 0.379 e. The number of alkyl halides is 2. The molecule has 0 saturated carbocycles. The molecule has 0 atom stereocenters. The highest BCUT2D eigenvalue weighted by atomic mass is 19.3. The Morgan fingerprint density at radius 2 is 2.15 bits per heavy atom. The molecule has 8 heteroatoms. The lowest BCUT2D eigenvalue weighted by molar-refractivity contribution is -0.384. The molecule has 0 spiro atoms. The number of anilines is 1. The first-order valence-corrected chi connectivity index (χ1v) is 6.05. The summed E-state index contributed by atoms with van der Waals surface area (Å²) >= 11 is 0. The van der Waals surface area contributed by atoms with Crippen LogP contribution in [0, 0.1) is 10.1 Å². The monoisotopic (exact) mass is 287 g/mol. The number of carbonyl (C=O) groups excluding carboxylic acids is 1. The minimum absolute atomic E-state index is 0.196. The molecular formula is C12H15F2N3O3. The molecule has 0 unspecified atom stereocenters. The number of amides is 1. The molecule has 0 aliphatic heterocycles. The number of benzene rings is 1. The van der Waals surface area contributed by atoms with Gasteiger partial charge in [0.2, 0.25) is 0 Å². The van der Waals surface area contributed by atoms with Gasteiger partial charge in [0, 0.05) is 6.54 Å². The second kappa shape index (κ2) is 7.37. The van der Waals surface area contributed by atoms with Gasteiger partial charge in [0.15, 0.2) is 0 Å². The predicted molar refractivity (Wildman–Crippen MR) is 70.2 cm³/mol. The van der Waals surface area contributed by atoms with E-state index in [0.29, 0.717) is 6.54 Å². The number of rotatable bonds is 7. The van der Waals surface area contributed by atoms with Crippen LogP contribution in [0.2, 0.25) is 0 Å². The molecule has 0 heterocycles. The van der Waals surface area contributed by atoms with Gasteiger partial charge in [-0.15, -0.1) is 0 Å². The number of hydrogen-bond acceptors (Lipinski definition) is 4. The molecule has 6 nitrogen and oxygen atoms in total. The van der Waals surface area contributed by atoms with E-state index in [1.807, 2.05) is 12.2 Å². The maximum Gasteiger partial charge on any atom is 0.305 e. The van der Waals surface area contributed by atoms with Gasteiger partial charge in [-0.2, -0.15) is 0 Å². The Morgan fingerprint density at radius 3 is 2.70 bits per heavy atom. The second-order valence-corrected chi connectivity index (χ2v) is 3.99. The Kier molecular flexibility index (Phi) is 5.82. The highest BCUT2D eigenvalue weighted by Gasteiger charge is 2.24. The molecule has 0 fully saturated rings. The lowest BCUT2D eigenvalue weighted by atomic mass is 10.1. The molecule has 20 heavy (non-hydrogen) atoms. The van der Waals surface area contributed by atoms with Crippen LogP contribution in [0.15, 0.2) is 18.2 Å². The van der Waals surface area contributed by atoms with Gasteiger partial charge in [0.1, 0.15) is 11.3 Å². The van der Waals surface area contributed by atoms with Crippen LogP contribution < -0.4 is 10.6 Å². The van der Waals surface area contributed by atoms with Crippen molar-refractivity contribution < 1.29 is 18.5 Å². The average Bonchev–Trinajstić information content (AvgIpc) is 2.41. The van der Waals surface area contributed by atoms with Crippen LogP contribution >= 0.6 is 0 Å². The molecule has 1 aromatic carbocycles. The summed E-state index contributed by atoms with van der Waals surface area (Å²) in [6.07, 6.45) is -1.96. The van der Waals surface area contributed by atoms with E-state index in [2.05, 4.69) is 5.32 Å². The quantitative estimate of drug-likeness (QED) is 0.596. The second-order valence-electron chi connectivity index (χ2n) is 3.99. The first-order valence-electron chi connectivity index (χ1n) is 6.05. The summed E-state index contributed by atoms with van der Waals surface area (Å²) < 4.78 is 24.1. The van der Waals surface area contributed by atoms with Crippen LogP contribution in [-0.2, 0) is 0 Å². The van der Waals surface area contributed by atoms with Crippen molar-refractivity contribution in [1.29, 1.82) is 0 Å². The SMILES string of the molecule is CCCNc1cccc(C(=O)NCC(F)F)c1[N+](=O)[O-]. The molecule has 0 radical (unpaired) electrons. The lowest BCUT2D eigenvalue weighted by Gasteiger charge is -2.09. The molecule has 0 aromatic heterocycles. The van der Waals surface area contributed by atoms with Crippen molar-refractivity contribution in [2.75, 3.05) is 18.4 Å². The summed E-state index contributed by atoms with van der Waals surface area (Å²) in [5.41, 5.74) is -0.453. The molecule has 0 saturated heterocycles. The summed E-state index contributed by atoms with van der Waals surface area (Å²) in [6, 6.07) is 4.16. The Bertz CT molecular complexity index is 495. The van der Waals surface area contributed by atoms with E-state index in [1.54, 1.807) is 0 Å². The first kappa shape index (κ1) is 15.8. The van der Waals surface area contributed by atoms with E-state index in [4.69, 9.17) is 0 Å². The maximum absolute atomic E-state index is 12.1. The van der Waals surface area contributed by atoms with Gasteiger partial charge >= 0.3 is 5.69 Å². The molecule has 110 valence electrons. The van der Waals surface area contributed by atoms with Crippen molar-refractivity contribution in [2.24, 2.45) is 0 Å². The van der Waals surface area contributed by atoms with Crippen molar-refractivity contribution in [3.63, 3.8) is 0 Å². The number of carbonyl (C=O) groups is 1. The highest BCUT2D eigenvalue weighted by Crippen LogP contribution is 2.28. The van der Waals surface area contributed by atoms with Crippen LogP contribution in [0.5, 0.6) is 0 Å². The lowest BCUT2D eigenvalue weighted by Crippen LogP contribution is -2.29. The van der Waals surface area contributed by atoms with E-state index >= 15 is 0 Å². The fourth-order valence-corrected chi connectivity index (χ4v) is 1.59. The molecule has 2 N–H and O–H groups in total. The minimum Gasteiger partial charge on any atom is -0.379 e. The Balaban J connectivity index is 3.05. The van der Waals surface area contributed by atoms with Gasteiger partial charge in [-0.3, -0.25) is 14.9 Å². The number of nitro benzene ring substituents is 1. The van der Waals surface area contributed by atoms with Gasteiger partial charge in [-0.1, -0.05) is 13.0 Å². The number of nitrogens with zero attached hydrogens (tertiary/aromatic N) is 1. The van der Waals surface area contributed by atoms with Crippen LogP contribution in [0.25, 0.3) is 0 Å². The zero-order valence-electron chi connectivity index (χ0n) is 10.9. The maximum atomic E-state index is 12.1. The van der Waals surface area contributed by atoms with Crippen LogP contribution in [-0.4, -0.2) is 30.3 Å². The number of nitro groups is 1. The fraction of sp³-hybridized carbons (Fsp3) is 0.417. The van der Waals surface area contributed by atoms with Crippen molar-refractivity contribution in [1.82, 2.24) is 5.32 Å². The van der Waals surface area contributed by atoms with E-state index in [0.717, 1.165) is 6.42 Å². The summed E-state index contributed by atoms with van der Waals surface area (Å²) in [6.45, 7) is 1.55. The molecule has 1 aromatic rings. The minimum atomic E-state index is -2.71. The van der Waals surface area contributed by atoms with Gasteiger partial charge in [-0.05, 0) is 18.6 Å². The zero-order valence-corrected chi connectivity index (χ0v) is 10.9. The summed E-state index contributed by atoms with van der Waals surface area (Å²) in [5.74, 6) is -0.892. The molecular weight excluding hydrogens is 272 g/mol. The number of halogens is 2. The summed E-state index contributed by atoms with van der Waals surface area (Å²) in [5, 5.41) is 15.9. The standard InChI is InChI=1S/C12H15F2N3O3/c1-2-6-15-9-5-3-4-8(11(9)17(19)20)12(18)16-7-10(13)14/h3-5,10,15H,2,6-7H2,1H3,(H,16,18).